The highest BCUT2D eigenvalue weighted by Gasteiger charge is 2.36. The second-order valence-corrected chi connectivity index (χ2v) is 4.30. The molecular weight excluding hydrogens is 270 g/mol. The van der Waals surface area contributed by atoms with Crippen molar-refractivity contribution in [3.8, 4) is 0 Å². The van der Waals surface area contributed by atoms with E-state index in [-0.39, 0.29) is 18.5 Å². The van der Waals surface area contributed by atoms with Crippen molar-refractivity contribution in [2.24, 2.45) is 0 Å². The lowest BCUT2D eigenvalue weighted by atomic mass is 9.93. The Morgan fingerprint density at radius 3 is 2.30 bits per heavy atom. The van der Waals surface area contributed by atoms with Gasteiger partial charge in [-0.25, -0.2) is 18.4 Å². The van der Waals surface area contributed by atoms with Crippen molar-refractivity contribution in [2.45, 2.75) is 32.2 Å². The molecule has 3 N–H and O–H groups in total. The quantitative estimate of drug-likeness (QED) is 0.778. The van der Waals surface area contributed by atoms with Gasteiger partial charge in [0.2, 0.25) is 0 Å². The van der Waals surface area contributed by atoms with Crippen LogP contribution in [0, 0.1) is 11.6 Å². The van der Waals surface area contributed by atoms with E-state index in [0.717, 1.165) is 12.1 Å². The fourth-order valence-corrected chi connectivity index (χ4v) is 1.74. The smallest absolute Gasteiger partial charge is 0.329 e. The summed E-state index contributed by atoms with van der Waals surface area (Å²) < 4.78 is 26.1. The number of benzene rings is 1. The molecule has 0 heterocycles. The lowest BCUT2D eigenvalue weighted by Gasteiger charge is -2.28. The molecule has 7 heteroatoms. The Morgan fingerprint density at radius 2 is 1.85 bits per heavy atom. The summed E-state index contributed by atoms with van der Waals surface area (Å²) in [5.74, 6) is -2.87. The average molecular weight is 286 g/mol. The van der Waals surface area contributed by atoms with Gasteiger partial charge in [-0.15, -0.1) is 0 Å². The summed E-state index contributed by atoms with van der Waals surface area (Å²) in [7, 11) is 0. The van der Waals surface area contributed by atoms with Gasteiger partial charge in [0.25, 0.3) is 0 Å². The third-order valence-corrected chi connectivity index (χ3v) is 3.15. The van der Waals surface area contributed by atoms with Gasteiger partial charge in [-0.05, 0) is 25.0 Å². The Hall–Kier alpha value is -2.18. The van der Waals surface area contributed by atoms with E-state index in [4.69, 9.17) is 5.11 Å². The average Bonchev–Trinajstić information content (AvgIpc) is 2.39. The number of halogens is 2. The van der Waals surface area contributed by atoms with Gasteiger partial charge in [-0.3, -0.25) is 0 Å². The van der Waals surface area contributed by atoms with Gasteiger partial charge in [-0.1, -0.05) is 13.8 Å². The molecule has 0 aliphatic carbocycles. The van der Waals surface area contributed by atoms with Gasteiger partial charge >= 0.3 is 12.0 Å². The maximum absolute atomic E-state index is 13.4. The van der Waals surface area contributed by atoms with Crippen LogP contribution in [0.5, 0.6) is 0 Å². The van der Waals surface area contributed by atoms with Crippen molar-refractivity contribution >= 4 is 17.7 Å². The zero-order valence-electron chi connectivity index (χ0n) is 11.2. The minimum atomic E-state index is -1.42. The van der Waals surface area contributed by atoms with Gasteiger partial charge in [0, 0.05) is 6.07 Å². The number of amides is 2. The van der Waals surface area contributed by atoms with Crippen molar-refractivity contribution in [1.82, 2.24) is 5.32 Å². The molecule has 20 heavy (non-hydrogen) atoms. The fraction of sp³-hybridized carbons (Fsp3) is 0.385. The summed E-state index contributed by atoms with van der Waals surface area (Å²) in [5, 5.41) is 13.6. The van der Waals surface area contributed by atoms with E-state index < -0.39 is 29.2 Å². The van der Waals surface area contributed by atoms with Crippen LogP contribution < -0.4 is 10.6 Å². The zero-order chi connectivity index (χ0) is 15.3. The standard InChI is InChI=1S/C13H16F2N2O3/c1-3-13(4-2,11(18)19)17-12(20)16-10-6-5-8(14)7-9(10)15/h5-7H,3-4H2,1-2H3,(H,18,19)(H2,16,17,20). The third kappa shape index (κ3) is 3.43. The molecule has 0 aliphatic heterocycles. The monoisotopic (exact) mass is 286 g/mol. The van der Waals surface area contributed by atoms with E-state index in [9.17, 15) is 18.4 Å². The number of carboxylic acid groups (broad SMARTS) is 1. The first-order chi connectivity index (χ1) is 9.34. The Labute approximate surface area is 115 Å². The van der Waals surface area contributed by atoms with E-state index in [1.807, 2.05) is 0 Å². The number of hydrogen-bond acceptors (Lipinski definition) is 2. The van der Waals surface area contributed by atoms with Gasteiger partial charge in [0.15, 0.2) is 0 Å². The molecule has 1 rings (SSSR count). The highest BCUT2D eigenvalue weighted by Crippen LogP contribution is 2.18. The maximum atomic E-state index is 13.4. The molecule has 1 aromatic carbocycles. The molecule has 0 saturated carbocycles. The van der Waals surface area contributed by atoms with Gasteiger partial charge in [0.1, 0.15) is 17.2 Å². The van der Waals surface area contributed by atoms with Crippen LogP contribution in [0.25, 0.3) is 0 Å². The summed E-state index contributed by atoms with van der Waals surface area (Å²) in [6, 6.07) is 1.81. The molecule has 0 radical (unpaired) electrons. The molecule has 110 valence electrons. The molecular formula is C13H16F2N2O3. The van der Waals surface area contributed by atoms with Crippen LogP contribution in [0.15, 0.2) is 18.2 Å². The van der Waals surface area contributed by atoms with Crippen LogP contribution in [-0.2, 0) is 4.79 Å². The van der Waals surface area contributed by atoms with Crippen molar-refractivity contribution in [1.29, 1.82) is 0 Å². The van der Waals surface area contributed by atoms with E-state index >= 15 is 0 Å². The van der Waals surface area contributed by atoms with E-state index in [1.54, 1.807) is 13.8 Å². The topological polar surface area (TPSA) is 78.4 Å². The molecule has 1 aromatic rings. The number of carboxylic acids is 1. The minimum absolute atomic E-state index is 0.179. The van der Waals surface area contributed by atoms with E-state index in [2.05, 4.69) is 10.6 Å². The van der Waals surface area contributed by atoms with Gasteiger partial charge in [-0.2, -0.15) is 0 Å². The first-order valence-corrected chi connectivity index (χ1v) is 6.12. The van der Waals surface area contributed by atoms with Crippen molar-refractivity contribution in [3.63, 3.8) is 0 Å². The second-order valence-electron chi connectivity index (χ2n) is 4.30. The number of hydrogen-bond donors (Lipinski definition) is 3. The van der Waals surface area contributed by atoms with Crippen molar-refractivity contribution in [2.75, 3.05) is 5.32 Å². The van der Waals surface area contributed by atoms with Gasteiger partial charge < -0.3 is 15.7 Å². The molecule has 0 unspecified atom stereocenters. The first kappa shape index (κ1) is 15.9. The Balaban J connectivity index is 2.83. The fourth-order valence-electron chi connectivity index (χ4n) is 1.74. The molecule has 0 aromatic heterocycles. The number of aliphatic carboxylic acids is 1. The first-order valence-electron chi connectivity index (χ1n) is 6.12. The van der Waals surface area contributed by atoms with Crippen LogP contribution in [0.3, 0.4) is 0 Å². The molecule has 5 nitrogen and oxygen atoms in total. The Bertz CT molecular complexity index is 516. The lowest BCUT2D eigenvalue weighted by molar-refractivity contribution is -0.144. The van der Waals surface area contributed by atoms with Crippen LogP contribution in [0.4, 0.5) is 19.3 Å². The molecule has 0 fully saturated rings. The molecule has 0 atom stereocenters. The maximum Gasteiger partial charge on any atom is 0.329 e. The third-order valence-electron chi connectivity index (χ3n) is 3.15. The predicted molar refractivity (Wildman–Crippen MR) is 69.5 cm³/mol. The number of anilines is 1. The molecule has 0 aliphatic rings. The predicted octanol–water partition coefficient (Wildman–Crippen LogP) is 2.73. The summed E-state index contributed by atoms with van der Waals surface area (Å²) in [4.78, 5) is 23.0. The summed E-state index contributed by atoms with van der Waals surface area (Å²) >= 11 is 0. The second kappa shape index (κ2) is 6.31. The van der Waals surface area contributed by atoms with Crippen molar-refractivity contribution in [3.05, 3.63) is 29.8 Å². The lowest BCUT2D eigenvalue weighted by Crippen LogP contribution is -2.55. The summed E-state index contributed by atoms with van der Waals surface area (Å²) in [6.45, 7) is 3.24. The van der Waals surface area contributed by atoms with Crippen LogP contribution >= 0.6 is 0 Å². The number of urea groups is 1. The van der Waals surface area contributed by atoms with E-state index in [0.29, 0.717) is 6.07 Å². The molecule has 2 amide bonds. The van der Waals surface area contributed by atoms with Crippen LogP contribution in [0.2, 0.25) is 0 Å². The zero-order valence-corrected chi connectivity index (χ0v) is 11.2. The largest absolute Gasteiger partial charge is 0.480 e. The van der Waals surface area contributed by atoms with Gasteiger partial charge in [0.05, 0.1) is 5.69 Å². The molecule has 0 saturated heterocycles. The minimum Gasteiger partial charge on any atom is -0.480 e. The SMILES string of the molecule is CCC(CC)(NC(=O)Nc1ccc(F)cc1F)C(=O)O. The highest BCUT2D eigenvalue weighted by atomic mass is 19.1. The molecule has 0 spiro atoms. The normalized spacial score (nSPS) is 11.0. The highest BCUT2D eigenvalue weighted by molar-refractivity contribution is 5.93. The Kier molecular flexibility index (Phi) is 5.01. The van der Waals surface area contributed by atoms with E-state index in [1.165, 1.54) is 0 Å². The number of rotatable bonds is 5. The van der Waals surface area contributed by atoms with Crippen LogP contribution in [0.1, 0.15) is 26.7 Å². The van der Waals surface area contributed by atoms with Crippen molar-refractivity contribution < 1.29 is 23.5 Å². The summed E-state index contributed by atoms with van der Waals surface area (Å²) in [6.07, 6.45) is 0.357. The summed E-state index contributed by atoms with van der Waals surface area (Å²) in [5.41, 5.74) is -1.64. The number of carbonyl (C=O) groups is 2. The van der Waals surface area contributed by atoms with Crippen LogP contribution in [-0.4, -0.2) is 22.6 Å². The number of nitrogens with one attached hydrogen (secondary N) is 2. The Morgan fingerprint density at radius 1 is 1.25 bits per heavy atom. The number of carbonyl (C=O) groups excluding carboxylic acids is 1. The molecule has 0 bridgehead atoms.